The monoisotopic (exact) mass is 214 g/mol. The summed E-state index contributed by atoms with van der Waals surface area (Å²) in [4.78, 5) is 4.49. The van der Waals surface area contributed by atoms with Crippen molar-refractivity contribution in [3.8, 4) is 0 Å². The van der Waals surface area contributed by atoms with E-state index in [0.29, 0.717) is 0 Å². The van der Waals surface area contributed by atoms with E-state index < -0.39 is 0 Å². The van der Waals surface area contributed by atoms with Gasteiger partial charge in [-0.3, -0.25) is 0 Å². The lowest BCUT2D eigenvalue weighted by atomic mass is 10.1. The van der Waals surface area contributed by atoms with Crippen LogP contribution in [0.25, 0.3) is 0 Å². The molecule has 0 N–H and O–H groups in total. The van der Waals surface area contributed by atoms with E-state index in [1.807, 2.05) is 0 Å². The number of nitrogens with zero attached hydrogens (tertiary/aromatic N) is 2. The number of hydrogen-bond donors (Lipinski definition) is 0. The quantitative estimate of drug-likeness (QED) is 0.768. The molecule has 2 rings (SSSR count). The minimum absolute atomic E-state index is 1.02. The summed E-state index contributed by atoms with van der Waals surface area (Å²) in [7, 11) is 0. The molecule has 0 unspecified atom stereocenters. The number of imidazole rings is 1. The van der Waals surface area contributed by atoms with Gasteiger partial charge in [-0.15, -0.1) is 0 Å². The molecule has 2 heteroatoms. The molecule has 0 saturated heterocycles. The largest absolute Gasteiger partial charge is 0.332 e. The second-order valence-corrected chi connectivity index (χ2v) is 4.22. The molecule has 0 amide bonds. The van der Waals surface area contributed by atoms with Crippen molar-refractivity contribution in [3.05, 3.63) is 53.1 Å². The first-order chi connectivity index (χ1) is 7.68. The molecule has 0 aliphatic carbocycles. The van der Waals surface area contributed by atoms with Crippen molar-refractivity contribution < 1.29 is 0 Å². The molecule has 0 atom stereocenters. The van der Waals surface area contributed by atoms with Gasteiger partial charge in [-0.25, -0.2) is 4.98 Å². The summed E-state index contributed by atoms with van der Waals surface area (Å²) in [6, 6.07) is 10.6. The Morgan fingerprint density at radius 3 is 2.31 bits per heavy atom. The van der Waals surface area contributed by atoms with Gasteiger partial charge in [-0.05, 0) is 32.8 Å². The smallest absolute Gasteiger partial charge is 0.106 e. The Bertz CT molecular complexity index is 469. The normalized spacial score (nSPS) is 10.7. The number of aryl methyl sites for hydroxylation is 3. The highest BCUT2D eigenvalue weighted by Crippen LogP contribution is 2.11. The minimum atomic E-state index is 1.02. The Labute approximate surface area is 97.0 Å². The lowest BCUT2D eigenvalue weighted by molar-refractivity contribution is 0.656. The first-order valence-corrected chi connectivity index (χ1v) is 5.72. The molecule has 0 fully saturated rings. The molecule has 1 aromatic heterocycles. The maximum Gasteiger partial charge on any atom is 0.106 e. The van der Waals surface area contributed by atoms with Crippen LogP contribution in [0, 0.1) is 20.8 Å². The van der Waals surface area contributed by atoms with Crippen molar-refractivity contribution in [2.24, 2.45) is 0 Å². The zero-order valence-electron chi connectivity index (χ0n) is 10.2. The van der Waals surface area contributed by atoms with Gasteiger partial charge in [0, 0.05) is 12.2 Å². The average Bonchev–Trinajstić information content (AvgIpc) is 2.53. The molecule has 0 bridgehead atoms. The third-order valence-corrected chi connectivity index (χ3v) is 3.12. The Balaban J connectivity index is 2.11. The number of aromatic nitrogens is 2. The standard InChI is InChI=1S/C14H18N2/c1-11-12(2)16(13(3)15-11)10-9-14-7-5-4-6-8-14/h4-8H,9-10H2,1-3H3. The van der Waals surface area contributed by atoms with Crippen LogP contribution in [-0.2, 0) is 13.0 Å². The first kappa shape index (κ1) is 10.9. The molecule has 84 valence electrons. The van der Waals surface area contributed by atoms with Gasteiger partial charge in [0.15, 0.2) is 0 Å². The SMILES string of the molecule is Cc1nc(C)n(CCc2ccccc2)c1C. The second kappa shape index (κ2) is 4.52. The van der Waals surface area contributed by atoms with E-state index in [-0.39, 0.29) is 0 Å². The third kappa shape index (κ3) is 2.16. The Hall–Kier alpha value is -1.57. The summed E-state index contributed by atoms with van der Waals surface area (Å²) in [6.45, 7) is 7.30. The third-order valence-electron chi connectivity index (χ3n) is 3.12. The lowest BCUT2D eigenvalue weighted by Gasteiger charge is -2.07. The van der Waals surface area contributed by atoms with Crippen LogP contribution in [0.15, 0.2) is 30.3 Å². The lowest BCUT2D eigenvalue weighted by Crippen LogP contribution is -2.05. The van der Waals surface area contributed by atoms with Gasteiger partial charge in [0.2, 0.25) is 0 Å². The summed E-state index contributed by atoms with van der Waals surface area (Å²) in [5, 5.41) is 0. The van der Waals surface area contributed by atoms with Crippen molar-refractivity contribution in [1.82, 2.24) is 9.55 Å². The van der Waals surface area contributed by atoms with Crippen molar-refractivity contribution in [3.63, 3.8) is 0 Å². The van der Waals surface area contributed by atoms with Crippen LogP contribution < -0.4 is 0 Å². The topological polar surface area (TPSA) is 17.8 Å². The predicted octanol–water partition coefficient (Wildman–Crippen LogP) is 3.05. The molecule has 0 aliphatic heterocycles. The van der Waals surface area contributed by atoms with Crippen LogP contribution in [-0.4, -0.2) is 9.55 Å². The molecular formula is C14H18N2. The van der Waals surface area contributed by atoms with Crippen LogP contribution in [0.5, 0.6) is 0 Å². The van der Waals surface area contributed by atoms with Crippen LogP contribution in [0.2, 0.25) is 0 Å². The number of hydrogen-bond acceptors (Lipinski definition) is 1. The van der Waals surface area contributed by atoms with Crippen molar-refractivity contribution in [2.75, 3.05) is 0 Å². The minimum Gasteiger partial charge on any atom is -0.332 e. The van der Waals surface area contributed by atoms with Crippen molar-refractivity contribution >= 4 is 0 Å². The van der Waals surface area contributed by atoms with Gasteiger partial charge >= 0.3 is 0 Å². The second-order valence-electron chi connectivity index (χ2n) is 4.22. The van der Waals surface area contributed by atoms with Gasteiger partial charge in [0.05, 0.1) is 5.69 Å². The molecular weight excluding hydrogens is 196 g/mol. The fourth-order valence-electron chi connectivity index (χ4n) is 2.04. The van der Waals surface area contributed by atoms with E-state index in [2.05, 4.69) is 60.7 Å². The summed E-state index contributed by atoms with van der Waals surface area (Å²) >= 11 is 0. The van der Waals surface area contributed by atoms with E-state index in [0.717, 1.165) is 24.5 Å². The van der Waals surface area contributed by atoms with Crippen molar-refractivity contribution in [1.29, 1.82) is 0 Å². The van der Waals surface area contributed by atoms with E-state index in [1.165, 1.54) is 11.3 Å². The highest BCUT2D eigenvalue weighted by Gasteiger charge is 2.06. The van der Waals surface area contributed by atoms with Gasteiger partial charge in [-0.2, -0.15) is 0 Å². The van der Waals surface area contributed by atoms with Gasteiger partial charge < -0.3 is 4.57 Å². The summed E-state index contributed by atoms with van der Waals surface area (Å²) in [5.41, 5.74) is 3.81. The van der Waals surface area contributed by atoms with E-state index in [9.17, 15) is 0 Å². The van der Waals surface area contributed by atoms with Gasteiger partial charge in [0.25, 0.3) is 0 Å². The Kier molecular flexibility index (Phi) is 3.09. The Morgan fingerprint density at radius 2 is 1.75 bits per heavy atom. The molecule has 2 nitrogen and oxygen atoms in total. The zero-order chi connectivity index (χ0) is 11.5. The van der Waals surface area contributed by atoms with Crippen LogP contribution in [0.3, 0.4) is 0 Å². The molecule has 0 radical (unpaired) electrons. The summed E-state index contributed by atoms with van der Waals surface area (Å²) in [6.07, 6.45) is 1.07. The highest BCUT2D eigenvalue weighted by atomic mass is 15.1. The van der Waals surface area contributed by atoms with E-state index in [1.54, 1.807) is 0 Å². The molecule has 16 heavy (non-hydrogen) atoms. The first-order valence-electron chi connectivity index (χ1n) is 5.72. The zero-order valence-corrected chi connectivity index (χ0v) is 10.2. The summed E-state index contributed by atoms with van der Waals surface area (Å²) in [5.74, 6) is 1.12. The summed E-state index contributed by atoms with van der Waals surface area (Å²) < 4.78 is 2.29. The van der Waals surface area contributed by atoms with Gasteiger partial charge in [-0.1, -0.05) is 30.3 Å². The molecule has 1 heterocycles. The molecule has 0 saturated carbocycles. The van der Waals surface area contributed by atoms with E-state index in [4.69, 9.17) is 0 Å². The Morgan fingerprint density at radius 1 is 1.06 bits per heavy atom. The van der Waals surface area contributed by atoms with Crippen LogP contribution in [0.1, 0.15) is 22.8 Å². The van der Waals surface area contributed by atoms with Crippen molar-refractivity contribution in [2.45, 2.75) is 33.7 Å². The maximum absolute atomic E-state index is 4.49. The number of rotatable bonds is 3. The van der Waals surface area contributed by atoms with E-state index >= 15 is 0 Å². The fraction of sp³-hybridized carbons (Fsp3) is 0.357. The van der Waals surface area contributed by atoms with Crippen LogP contribution >= 0.6 is 0 Å². The number of benzene rings is 1. The molecule has 2 aromatic rings. The average molecular weight is 214 g/mol. The fourth-order valence-corrected chi connectivity index (χ4v) is 2.04. The predicted molar refractivity (Wildman–Crippen MR) is 66.6 cm³/mol. The maximum atomic E-state index is 4.49. The highest BCUT2D eigenvalue weighted by molar-refractivity contribution is 5.17. The molecule has 0 aliphatic rings. The van der Waals surface area contributed by atoms with Crippen LogP contribution in [0.4, 0.5) is 0 Å². The van der Waals surface area contributed by atoms with Gasteiger partial charge in [0.1, 0.15) is 5.82 Å². The molecule has 0 spiro atoms. The molecule has 1 aromatic carbocycles.